The molecule has 3 aliphatic heterocycles. The van der Waals surface area contributed by atoms with Crippen LogP contribution in [-0.2, 0) is 5.41 Å². The molecular weight excluding hydrogens is 661 g/mol. The summed E-state index contributed by atoms with van der Waals surface area (Å²) < 4.78 is 0. The van der Waals surface area contributed by atoms with Gasteiger partial charge in [-0.05, 0) is 81.7 Å². The molecular formula is C48H32BN3S. The third-order valence-electron chi connectivity index (χ3n) is 11.3. The number of hydrogen-bond acceptors (Lipinski definition) is 4. The summed E-state index contributed by atoms with van der Waals surface area (Å²) in [6.45, 7) is 0.0327. The van der Waals surface area contributed by atoms with Crippen LogP contribution in [0.15, 0.2) is 204 Å². The fourth-order valence-corrected chi connectivity index (χ4v) is 10.4. The van der Waals surface area contributed by atoms with Crippen LogP contribution in [0.4, 0.5) is 34.1 Å². The predicted molar refractivity (Wildman–Crippen MR) is 221 cm³/mol. The highest BCUT2D eigenvalue weighted by molar-refractivity contribution is 8.00. The first-order valence-corrected chi connectivity index (χ1v) is 19.0. The van der Waals surface area contributed by atoms with Crippen molar-refractivity contribution in [3.05, 3.63) is 217 Å². The molecule has 0 aliphatic carbocycles. The molecule has 3 aliphatic rings. The molecule has 0 radical (unpaired) electrons. The molecule has 0 fully saturated rings. The van der Waals surface area contributed by atoms with Gasteiger partial charge in [-0.25, -0.2) is 0 Å². The topological polar surface area (TPSA) is 19.4 Å². The number of para-hydroxylation sites is 3. The molecule has 0 spiro atoms. The molecule has 0 unspecified atom stereocenters. The third kappa shape index (κ3) is 4.29. The molecule has 0 saturated heterocycles. The summed E-state index contributed by atoms with van der Waals surface area (Å²) in [5, 5.41) is 0. The summed E-state index contributed by atoms with van der Waals surface area (Å²) >= 11 is 1.89. The molecule has 0 bridgehead atoms. The maximum Gasteiger partial charge on any atom is 0.247 e. The van der Waals surface area contributed by atoms with Gasteiger partial charge in [-0.3, -0.25) is 4.98 Å². The SMILES string of the molecule is c1ccc(N2c3ccccc3B3c4ccccc4C(c4ccccc4)(c4ccccc4)c4cc5c(c2c43)Sc2ccccc2N5c2ccncc2)cc1. The van der Waals surface area contributed by atoms with Gasteiger partial charge in [0.05, 0.1) is 27.4 Å². The number of hydrogen-bond donors (Lipinski definition) is 0. The number of pyridine rings is 1. The molecule has 7 aromatic carbocycles. The largest absolute Gasteiger partial charge is 0.310 e. The molecule has 8 aromatic rings. The van der Waals surface area contributed by atoms with Crippen LogP contribution >= 0.6 is 11.8 Å². The number of anilines is 6. The summed E-state index contributed by atoms with van der Waals surface area (Å²) in [7, 11) is 0. The predicted octanol–water partition coefficient (Wildman–Crippen LogP) is 10.0. The van der Waals surface area contributed by atoms with Crippen molar-refractivity contribution in [2.75, 3.05) is 9.80 Å². The maximum atomic E-state index is 4.44. The van der Waals surface area contributed by atoms with Gasteiger partial charge >= 0.3 is 0 Å². The van der Waals surface area contributed by atoms with Crippen molar-refractivity contribution in [1.82, 2.24) is 4.98 Å². The molecule has 1 aromatic heterocycles. The van der Waals surface area contributed by atoms with E-state index in [1.165, 1.54) is 71.2 Å². The summed E-state index contributed by atoms with van der Waals surface area (Å²) in [6.07, 6.45) is 3.80. The van der Waals surface area contributed by atoms with E-state index < -0.39 is 5.41 Å². The van der Waals surface area contributed by atoms with Gasteiger partial charge in [0.25, 0.3) is 0 Å². The van der Waals surface area contributed by atoms with Gasteiger partial charge in [0.15, 0.2) is 0 Å². The van der Waals surface area contributed by atoms with E-state index >= 15 is 0 Å². The molecule has 0 N–H and O–H groups in total. The lowest BCUT2D eigenvalue weighted by Gasteiger charge is -2.50. The number of aromatic nitrogens is 1. The number of rotatable bonds is 4. The van der Waals surface area contributed by atoms with E-state index in [2.05, 4.69) is 197 Å². The first-order valence-electron chi connectivity index (χ1n) is 18.2. The van der Waals surface area contributed by atoms with E-state index in [0.717, 1.165) is 11.4 Å². The molecule has 53 heavy (non-hydrogen) atoms. The molecule has 3 nitrogen and oxygen atoms in total. The average Bonchev–Trinajstić information content (AvgIpc) is 3.24. The van der Waals surface area contributed by atoms with Gasteiger partial charge in [-0.1, -0.05) is 151 Å². The summed E-state index contributed by atoms with van der Waals surface area (Å²) in [5.74, 6) is 0. The summed E-state index contributed by atoms with van der Waals surface area (Å²) in [4.78, 5) is 11.9. The Morgan fingerprint density at radius 1 is 0.472 bits per heavy atom. The number of nitrogens with zero attached hydrogens (tertiary/aromatic N) is 3. The fraction of sp³-hybridized carbons (Fsp3) is 0.0208. The van der Waals surface area contributed by atoms with Crippen molar-refractivity contribution in [2.45, 2.75) is 15.2 Å². The molecule has 5 heteroatoms. The van der Waals surface area contributed by atoms with Gasteiger partial charge in [-0.15, -0.1) is 0 Å². The Hall–Kier alpha value is -6.30. The Bertz CT molecular complexity index is 2630. The minimum Gasteiger partial charge on any atom is -0.310 e. The lowest BCUT2D eigenvalue weighted by atomic mass is 9.29. The van der Waals surface area contributed by atoms with E-state index in [0.29, 0.717) is 0 Å². The average molecular weight is 694 g/mol. The highest BCUT2D eigenvalue weighted by Gasteiger charge is 2.53. The van der Waals surface area contributed by atoms with Gasteiger partial charge in [-0.2, -0.15) is 0 Å². The Labute approximate surface area is 314 Å². The van der Waals surface area contributed by atoms with Crippen LogP contribution in [0.1, 0.15) is 22.3 Å². The van der Waals surface area contributed by atoms with Crippen LogP contribution in [0.25, 0.3) is 0 Å². The fourth-order valence-electron chi connectivity index (χ4n) is 9.26. The second-order valence-corrected chi connectivity index (χ2v) is 14.9. The van der Waals surface area contributed by atoms with E-state index in [4.69, 9.17) is 0 Å². The second kappa shape index (κ2) is 11.9. The molecule has 0 amide bonds. The zero-order chi connectivity index (χ0) is 34.9. The highest BCUT2D eigenvalue weighted by atomic mass is 32.2. The van der Waals surface area contributed by atoms with Crippen molar-refractivity contribution in [1.29, 1.82) is 0 Å². The number of fused-ring (bicyclic) bond motifs is 7. The van der Waals surface area contributed by atoms with Crippen LogP contribution in [0, 0.1) is 0 Å². The van der Waals surface area contributed by atoms with Gasteiger partial charge in [0.1, 0.15) is 0 Å². The second-order valence-electron chi connectivity index (χ2n) is 13.9. The molecule has 4 heterocycles. The van der Waals surface area contributed by atoms with Gasteiger partial charge in [0, 0.05) is 34.4 Å². The standard InChI is InChI=1S/C48H32BN3S/c1-4-16-33(17-5-1)48(34-18-6-2-7-19-34)37-22-10-11-23-39(37)49-40-24-12-13-25-41(40)52(35-20-8-3-9-21-35)46-45(49)38(48)32-43-47(46)53-44-27-15-14-26-42(44)51(43)36-28-30-50-31-29-36/h1-32H. The van der Waals surface area contributed by atoms with E-state index in [-0.39, 0.29) is 6.71 Å². The van der Waals surface area contributed by atoms with Crippen molar-refractivity contribution in [3.63, 3.8) is 0 Å². The maximum absolute atomic E-state index is 4.44. The molecule has 11 rings (SSSR count). The Morgan fingerprint density at radius 2 is 1.04 bits per heavy atom. The van der Waals surface area contributed by atoms with Gasteiger partial charge in [0.2, 0.25) is 6.71 Å². The van der Waals surface area contributed by atoms with Crippen molar-refractivity contribution < 1.29 is 0 Å². The van der Waals surface area contributed by atoms with Crippen molar-refractivity contribution in [3.8, 4) is 0 Å². The van der Waals surface area contributed by atoms with E-state index in [1.54, 1.807) is 0 Å². The lowest BCUT2D eigenvalue weighted by molar-refractivity contribution is 0.749. The lowest BCUT2D eigenvalue weighted by Crippen LogP contribution is -2.65. The van der Waals surface area contributed by atoms with Crippen molar-refractivity contribution in [2.24, 2.45) is 0 Å². The Balaban J connectivity index is 1.38. The third-order valence-corrected chi connectivity index (χ3v) is 12.4. The highest BCUT2D eigenvalue weighted by Crippen LogP contribution is 2.59. The smallest absolute Gasteiger partial charge is 0.247 e. The van der Waals surface area contributed by atoms with Crippen LogP contribution < -0.4 is 26.2 Å². The normalized spacial score (nSPS) is 14.4. The van der Waals surface area contributed by atoms with Crippen LogP contribution in [-0.4, -0.2) is 11.7 Å². The Morgan fingerprint density at radius 3 is 1.75 bits per heavy atom. The van der Waals surface area contributed by atoms with Crippen molar-refractivity contribution >= 4 is 69.0 Å². The minimum absolute atomic E-state index is 0.0327. The molecule has 0 saturated carbocycles. The molecule has 248 valence electrons. The minimum atomic E-state index is -0.602. The van der Waals surface area contributed by atoms with Gasteiger partial charge < -0.3 is 9.80 Å². The first-order chi connectivity index (χ1) is 26.3. The van der Waals surface area contributed by atoms with Crippen LogP contribution in [0.2, 0.25) is 0 Å². The number of benzene rings is 7. The van der Waals surface area contributed by atoms with Crippen LogP contribution in [0.5, 0.6) is 0 Å². The zero-order valence-corrected chi connectivity index (χ0v) is 29.6. The zero-order valence-electron chi connectivity index (χ0n) is 28.8. The van der Waals surface area contributed by atoms with Crippen LogP contribution in [0.3, 0.4) is 0 Å². The monoisotopic (exact) mass is 693 g/mol. The summed E-state index contributed by atoms with van der Waals surface area (Å²) in [5.41, 5.74) is 15.6. The first kappa shape index (κ1) is 30.3. The van der Waals surface area contributed by atoms with E-state index in [9.17, 15) is 0 Å². The van der Waals surface area contributed by atoms with E-state index in [1.807, 2.05) is 24.2 Å². The molecule has 0 atom stereocenters. The Kier molecular flexibility index (Phi) is 6.80. The quantitative estimate of drug-likeness (QED) is 0.171. The summed E-state index contributed by atoms with van der Waals surface area (Å²) in [6, 6.07) is 67.2.